The highest BCUT2D eigenvalue weighted by atomic mass is 19.3. The molecule has 8 nitrogen and oxygen atoms in total. The van der Waals surface area contributed by atoms with Crippen LogP contribution >= 0.6 is 0 Å². The first-order chi connectivity index (χ1) is 18.7. The lowest BCUT2D eigenvalue weighted by atomic mass is 9.66. The van der Waals surface area contributed by atoms with E-state index in [1.807, 2.05) is 28.0 Å². The Hall–Kier alpha value is -2.85. The second kappa shape index (κ2) is 9.96. The number of nitrogens with one attached hydrogen (secondary N) is 1. The zero-order valence-electron chi connectivity index (χ0n) is 22.2. The summed E-state index contributed by atoms with van der Waals surface area (Å²) in [4.78, 5) is 35.0. The number of hydrogen-bond donors (Lipinski definition) is 2. The molecule has 210 valence electrons. The van der Waals surface area contributed by atoms with Gasteiger partial charge in [0, 0.05) is 63.0 Å². The number of benzene rings is 1. The summed E-state index contributed by atoms with van der Waals surface area (Å²) in [7, 11) is 0. The molecule has 2 N–H and O–H groups in total. The van der Waals surface area contributed by atoms with Crippen molar-refractivity contribution in [3.05, 3.63) is 64.3 Å². The molecule has 4 fully saturated rings. The van der Waals surface area contributed by atoms with Crippen molar-refractivity contribution in [3.8, 4) is 0 Å². The Morgan fingerprint density at radius 1 is 1.10 bits per heavy atom. The van der Waals surface area contributed by atoms with Crippen LogP contribution in [0, 0.1) is 5.41 Å². The van der Waals surface area contributed by atoms with E-state index in [2.05, 4.69) is 22.4 Å². The van der Waals surface area contributed by atoms with Crippen LogP contribution in [0.5, 0.6) is 0 Å². The molecule has 1 aromatic heterocycles. The van der Waals surface area contributed by atoms with Gasteiger partial charge in [0.25, 0.3) is 5.56 Å². The van der Waals surface area contributed by atoms with Gasteiger partial charge in [-0.05, 0) is 24.8 Å². The van der Waals surface area contributed by atoms with Crippen molar-refractivity contribution >= 4 is 6.03 Å². The van der Waals surface area contributed by atoms with Gasteiger partial charge in [-0.3, -0.25) is 9.36 Å². The number of alkyl halides is 2. The number of hydrogen-bond acceptors (Lipinski definition) is 5. The fourth-order valence-electron chi connectivity index (χ4n) is 7.28. The van der Waals surface area contributed by atoms with Gasteiger partial charge < -0.3 is 20.2 Å². The van der Waals surface area contributed by atoms with Crippen LogP contribution in [0.2, 0.25) is 0 Å². The standard InChI is InChI=1S/C29H37F2N5O3/c30-29(31)15-22(16-29)23-14-25(37)35(20-33-23)19-28(39)10-12-34(18-27(28)8-4-5-9-27)26(38)36-13-11-32-17-24(36)21-6-2-1-3-7-21/h1-3,6-7,14,20,22,24,32,39H,4-5,8-13,15-19H2/t24-,28+/m0/s1. The summed E-state index contributed by atoms with van der Waals surface area (Å²) in [5, 5.41) is 15.5. The number of carbonyl (C=O) groups is 1. The number of halogens is 2. The minimum atomic E-state index is -2.68. The molecule has 6 rings (SSSR count). The maximum atomic E-state index is 13.9. The third kappa shape index (κ3) is 4.86. The number of piperazine rings is 1. The van der Waals surface area contributed by atoms with Crippen molar-refractivity contribution in [2.45, 2.75) is 75.0 Å². The topological polar surface area (TPSA) is 90.7 Å². The Morgan fingerprint density at radius 3 is 2.54 bits per heavy atom. The number of aromatic nitrogens is 2. The van der Waals surface area contributed by atoms with Gasteiger partial charge in [-0.25, -0.2) is 18.6 Å². The van der Waals surface area contributed by atoms with Crippen LogP contribution in [0.4, 0.5) is 13.6 Å². The molecule has 2 aromatic rings. The summed E-state index contributed by atoms with van der Waals surface area (Å²) in [6, 6.07) is 11.4. The lowest BCUT2D eigenvalue weighted by molar-refractivity contribution is -0.137. The number of urea groups is 1. The Bertz CT molecular complexity index is 1260. The molecule has 4 aliphatic rings. The molecule has 2 atom stereocenters. The maximum absolute atomic E-state index is 13.9. The molecular formula is C29H37F2N5O3. The molecule has 0 unspecified atom stereocenters. The van der Waals surface area contributed by atoms with Crippen LogP contribution in [0.25, 0.3) is 0 Å². The summed E-state index contributed by atoms with van der Waals surface area (Å²) in [6.45, 7) is 2.99. The summed E-state index contributed by atoms with van der Waals surface area (Å²) < 4.78 is 28.1. The summed E-state index contributed by atoms with van der Waals surface area (Å²) >= 11 is 0. The maximum Gasteiger partial charge on any atom is 0.320 e. The van der Waals surface area contributed by atoms with Crippen molar-refractivity contribution in [1.29, 1.82) is 0 Å². The molecule has 2 saturated carbocycles. The Balaban J connectivity index is 1.20. The largest absolute Gasteiger partial charge is 0.387 e. The summed E-state index contributed by atoms with van der Waals surface area (Å²) in [5.74, 6) is -3.08. The summed E-state index contributed by atoms with van der Waals surface area (Å²) in [6.07, 6.45) is 4.71. The third-order valence-corrected chi connectivity index (χ3v) is 9.62. The van der Waals surface area contributed by atoms with E-state index >= 15 is 0 Å². The molecule has 1 aromatic carbocycles. The van der Waals surface area contributed by atoms with Crippen molar-refractivity contribution in [3.63, 3.8) is 0 Å². The second-order valence-electron chi connectivity index (χ2n) is 12.0. The first-order valence-electron chi connectivity index (χ1n) is 14.2. The fourth-order valence-corrected chi connectivity index (χ4v) is 7.28. The Kier molecular flexibility index (Phi) is 6.74. The van der Waals surface area contributed by atoms with Crippen molar-refractivity contribution < 1.29 is 18.7 Å². The predicted octanol–water partition coefficient (Wildman–Crippen LogP) is 3.52. The van der Waals surface area contributed by atoms with Crippen LogP contribution in [-0.2, 0) is 6.54 Å². The van der Waals surface area contributed by atoms with Crippen LogP contribution in [0.3, 0.4) is 0 Å². The fraction of sp³-hybridized carbons (Fsp3) is 0.621. The third-order valence-electron chi connectivity index (χ3n) is 9.62. The van der Waals surface area contributed by atoms with Gasteiger partial charge in [0.2, 0.25) is 5.92 Å². The molecule has 10 heteroatoms. The smallest absolute Gasteiger partial charge is 0.320 e. The normalized spacial score (nSPS) is 28.4. The van der Waals surface area contributed by atoms with E-state index in [1.165, 1.54) is 17.0 Å². The van der Waals surface area contributed by atoms with Gasteiger partial charge in [0.1, 0.15) is 0 Å². The summed E-state index contributed by atoms with van der Waals surface area (Å²) in [5.41, 5.74) is -0.510. The Morgan fingerprint density at radius 2 is 1.85 bits per heavy atom. The van der Waals surface area contributed by atoms with Crippen molar-refractivity contribution in [2.75, 3.05) is 32.7 Å². The van der Waals surface area contributed by atoms with Gasteiger partial charge in [0.05, 0.1) is 30.2 Å². The molecular weight excluding hydrogens is 504 g/mol. The number of amides is 2. The van der Waals surface area contributed by atoms with E-state index in [0.29, 0.717) is 38.3 Å². The number of likely N-dealkylation sites (tertiary alicyclic amines) is 1. The molecule has 2 aliphatic heterocycles. The van der Waals surface area contributed by atoms with E-state index in [-0.39, 0.29) is 37.0 Å². The van der Waals surface area contributed by atoms with Gasteiger partial charge >= 0.3 is 6.03 Å². The van der Waals surface area contributed by atoms with Gasteiger partial charge in [-0.15, -0.1) is 0 Å². The van der Waals surface area contributed by atoms with Crippen LogP contribution < -0.4 is 10.9 Å². The molecule has 3 heterocycles. The molecule has 0 bridgehead atoms. The number of nitrogens with zero attached hydrogens (tertiary/aromatic N) is 4. The van der Waals surface area contributed by atoms with E-state index in [9.17, 15) is 23.5 Å². The number of carbonyl (C=O) groups excluding carboxylic acids is 1. The van der Waals surface area contributed by atoms with Gasteiger partial charge in [0.15, 0.2) is 0 Å². The second-order valence-corrected chi connectivity index (χ2v) is 12.0. The van der Waals surface area contributed by atoms with Crippen molar-refractivity contribution in [2.24, 2.45) is 5.41 Å². The average molecular weight is 542 g/mol. The van der Waals surface area contributed by atoms with Crippen LogP contribution in [0.1, 0.15) is 68.2 Å². The van der Waals surface area contributed by atoms with E-state index in [4.69, 9.17) is 0 Å². The monoisotopic (exact) mass is 541 g/mol. The molecule has 2 aliphatic carbocycles. The van der Waals surface area contributed by atoms with Crippen molar-refractivity contribution in [1.82, 2.24) is 24.7 Å². The van der Waals surface area contributed by atoms with Gasteiger partial charge in [-0.2, -0.15) is 0 Å². The zero-order chi connectivity index (χ0) is 27.3. The highest BCUT2D eigenvalue weighted by Crippen LogP contribution is 2.52. The van der Waals surface area contributed by atoms with E-state index in [1.54, 1.807) is 0 Å². The molecule has 0 radical (unpaired) electrons. The first kappa shape index (κ1) is 26.4. The molecule has 1 spiro atoms. The number of aliphatic hydroxyl groups is 1. The minimum absolute atomic E-state index is 0.000773. The predicted molar refractivity (Wildman–Crippen MR) is 142 cm³/mol. The first-order valence-corrected chi connectivity index (χ1v) is 14.2. The minimum Gasteiger partial charge on any atom is -0.387 e. The number of piperidine rings is 1. The zero-order valence-corrected chi connectivity index (χ0v) is 22.2. The average Bonchev–Trinajstić information content (AvgIpc) is 3.40. The lowest BCUT2D eigenvalue weighted by Gasteiger charge is -2.53. The molecule has 2 amide bonds. The lowest BCUT2D eigenvalue weighted by Crippen LogP contribution is -2.64. The molecule has 39 heavy (non-hydrogen) atoms. The SMILES string of the molecule is O=C(N1CC[C@@](O)(Cn2cnc(C3CC(F)(F)C3)cc2=O)C2(CCCC2)C1)N1CCNC[C@H]1c1ccccc1. The van der Waals surface area contributed by atoms with E-state index < -0.39 is 22.9 Å². The van der Waals surface area contributed by atoms with E-state index in [0.717, 1.165) is 37.8 Å². The van der Waals surface area contributed by atoms with Crippen LogP contribution in [-0.4, -0.2) is 74.7 Å². The quantitative estimate of drug-likeness (QED) is 0.618. The van der Waals surface area contributed by atoms with Crippen LogP contribution in [0.15, 0.2) is 47.5 Å². The molecule has 2 saturated heterocycles. The number of rotatable bonds is 4. The Labute approximate surface area is 227 Å². The highest BCUT2D eigenvalue weighted by Gasteiger charge is 2.56. The van der Waals surface area contributed by atoms with Gasteiger partial charge in [-0.1, -0.05) is 43.2 Å². The highest BCUT2D eigenvalue weighted by molar-refractivity contribution is 5.75.